The van der Waals surface area contributed by atoms with Gasteiger partial charge in [-0.3, -0.25) is 0 Å². The molecule has 19 heavy (non-hydrogen) atoms. The summed E-state index contributed by atoms with van der Waals surface area (Å²) in [6, 6.07) is 7.97. The Morgan fingerprint density at radius 2 is 1.89 bits per heavy atom. The van der Waals surface area contributed by atoms with Gasteiger partial charge in [0.1, 0.15) is 12.0 Å². The van der Waals surface area contributed by atoms with Crippen molar-refractivity contribution in [2.24, 2.45) is 0 Å². The lowest BCUT2D eigenvalue weighted by Crippen LogP contribution is -2.07. The van der Waals surface area contributed by atoms with Gasteiger partial charge in [-0.2, -0.15) is 0 Å². The number of halogens is 1. The van der Waals surface area contributed by atoms with Crippen LogP contribution in [0.1, 0.15) is 0 Å². The van der Waals surface area contributed by atoms with Gasteiger partial charge in [0.2, 0.25) is 0 Å². The Hall–Kier alpha value is -1.83. The molecule has 0 unspecified atom stereocenters. The average molecular weight is 367 g/mol. The smallest absolute Gasteiger partial charge is 0.159 e. The molecule has 1 aromatic carbocycles. The highest BCUT2D eigenvalue weighted by molar-refractivity contribution is 14.1. The Kier molecular flexibility index (Phi) is 4.56. The number of hydrogen-bond acceptors (Lipinski definition) is 5. The van der Waals surface area contributed by atoms with Crippen molar-refractivity contribution in [3.05, 3.63) is 46.8 Å². The highest BCUT2D eigenvalue weighted by atomic mass is 127. The van der Waals surface area contributed by atoms with Gasteiger partial charge in [-0.25, -0.2) is 9.97 Å². The fourth-order valence-electron chi connectivity index (χ4n) is 1.47. The summed E-state index contributed by atoms with van der Waals surface area (Å²) < 4.78 is 1.17. The van der Waals surface area contributed by atoms with Gasteiger partial charge >= 0.3 is 0 Å². The number of benzene rings is 1. The van der Waals surface area contributed by atoms with E-state index < -0.39 is 0 Å². The molecule has 0 saturated carbocycles. The Labute approximate surface area is 125 Å². The molecule has 0 amide bonds. The molecule has 6 heteroatoms. The predicted molar refractivity (Wildman–Crippen MR) is 87.6 cm³/mol. The highest BCUT2D eigenvalue weighted by Crippen LogP contribution is 2.25. The predicted octanol–water partition coefficient (Wildman–Crippen LogP) is 3.00. The molecule has 0 saturated heterocycles. The van der Waals surface area contributed by atoms with Crippen LogP contribution in [0.5, 0.6) is 0 Å². The number of nitrogens with one attached hydrogen (secondary N) is 2. The molecule has 1 aromatic heterocycles. The zero-order valence-corrected chi connectivity index (χ0v) is 12.4. The Balaban J connectivity index is 2.20. The molecule has 0 aliphatic rings. The number of hydrogen-bond donors (Lipinski definition) is 3. The zero-order valence-electron chi connectivity index (χ0n) is 10.2. The molecule has 1 heterocycles. The minimum Gasteiger partial charge on any atom is -0.393 e. The second-order valence-electron chi connectivity index (χ2n) is 3.79. The average Bonchev–Trinajstić information content (AvgIpc) is 2.42. The quantitative estimate of drug-likeness (QED) is 0.560. The van der Waals surface area contributed by atoms with Crippen LogP contribution in [0.4, 0.5) is 23.0 Å². The van der Waals surface area contributed by atoms with E-state index in [-0.39, 0.29) is 0 Å². The van der Waals surface area contributed by atoms with Gasteiger partial charge in [0.15, 0.2) is 11.6 Å². The normalized spacial score (nSPS) is 9.95. The Morgan fingerprint density at radius 3 is 2.58 bits per heavy atom. The molecule has 0 bridgehead atoms. The minimum atomic E-state index is 0.489. The monoisotopic (exact) mass is 367 g/mol. The summed E-state index contributed by atoms with van der Waals surface area (Å²) in [5, 5.41) is 6.23. The van der Waals surface area contributed by atoms with E-state index in [0.29, 0.717) is 23.9 Å². The molecule has 0 aliphatic carbocycles. The topological polar surface area (TPSA) is 75.9 Å². The molecule has 5 nitrogen and oxygen atoms in total. The van der Waals surface area contributed by atoms with E-state index in [1.165, 1.54) is 9.90 Å². The molecule has 98 valence electrons. The van der Waals surface area contributed by atoms with Crippen molar-refractivity contribution in [2.75, 3.05) is 22.9 Å². The SMILES string of the molecule is C=CCNc1ncnc(Nc2ccc(I)cc2)c1N. The summed E-state index contributed by atoms with van der Waals surface area (Å²) in [5.74, 6) is 1.19. The van der Waals surface area contributed by atoms with Crippen molar-refractivity contribution >= 4 is 45.6 Å². The Bertz CT molecular complexity index is 568. The van der Waals surface area contributed by atoms with Crippen LogP contribution in [0.15, 0.2) is 43.2 Å². The van der Waals surface area contributed by atoms with Gasteiger partial charge in [-0.05, 0) is 46.9 Å². The number of nitrogens with zero attached hydrogens (tertiary/aromatic N) is 2. The van der Waals surface area contributed by atoms with Crippen LogP contribution in [0.3, 0.4) is 0 Å². The number of anilines is 4. The van der Waals surface area contributed by atoms with E-state index >= 15 is 0 Å². The lowest BCUT2D eigenvalue weighted by Gasteiger charge is -2.11. The number of rotatable bonds is 5. The number of nitrogens with two attached hydrogens (primary N) is 1. The summed E-state index contributed by atoms with van der Waals surface area (Å²) in [4.78, 5) is 8.25. The van der Waals surface area contributed by atoms with E-state index in [4.69, 9.17) is 5.73 Å². The summed E-state index contributed by atoms with van der Waals surface area (Å²) in [5.41, 5.74) is 7.44. The van der Waals surface area contributed by atoms with Crippen molar-refractivity contribution in [3.63, 3.8) is 0 Å². The first-order valence-corrected chi connectivity index (χ1v) is 6.76. The maximum Gasteiger partial charge on any atom is 0.159 e. The third-order valence-electron chi connectivity index (χ3n) is 2.40. The van der Waals surface area contributed by atoms with E-state index in [1.54, 1.807) is 6.08 Å². The van der Waals surface area contributed by atoms with Crippen molar-refractivity contribution in [3.8, 4) is 0 Å². The van der Waals surface area contributed by atoms with Gasteiger partial charge in [-0.1, -0.05) is 6.08 Å². The van der Waals surface area contributed by atoms with E-state index in [0.717, 1.165) is 5.69 Å². The van der Waals surface area contributed by atoms with Crippen molar-refractivity contribution < 1.29 is 0 Å². The van der Waals surface area contributed by atoms with E-state index in [2.05, 4.69) is 49.8 Å². The fraction of sp³-hybridized carbons (Fsp3) is 0.0769. The van der Waals surface area contributed by atoms with Crippen LogP contribution < -0.4 is 16.4 Å². The molecular weight excluding hydrogens is 353 g/mol. The summed E-state index contributed by atoms with van der Waals surface area (Å²) in [6.07, 6.45) is 3.21. The van der Waals surface area contributed by atoms with Gasteiger partial charge in [0, 0.05) is 15.8 Å². The van der Waals surface area contributed by atoms with Gasteiger partial charge in [0.05, 0.1) is 0 Å². The van der Waals surface area contributed by atoms with Crippen molar-refractivity contribution in [2.45, 2.75) is 0 Å². The van der Waals surface area contributed by atoms with Crippen molar-refractivity contribution in [1.82, 2.24) is 9.97 Å². The van der Waals surface area contributed by atoms with Gasteiger partial charge in [0.25, 0.3) is 0 Å². The minimum absolute atomic E-state index is 0.489. The fourth-order valence-corrected chi connectivity index (χ4v) is 1.83. The van der Waals surface area contributed by atoms with Crippen molar-refractivity contribution in [1.29, 1.82) is 0 Å². The van der Waals surface area contributed by atoms with E-state index in [1.807, 2.05) is 24.3 Å². The summed E-state index contributed by atoms with van der Waals surface area (Å²) >= 11 is 2.26. The zero-order chi connectivity index (χ0) is 13.7. The molecule has 2 rings (SSSR count). The van der Waals surface area contributed by atoms with E-state index in [9.17, 15) is 0 Å². The maximum absolute atomic E-state index is 6.02. The standard InChI is InChI=1S/C13H14IN5/c1-2-7-16-12-11(15)13(18-8-17-12)19-10-5-3-9(14)4-6-10/h2-6,8H,1,7,15H2,(H2,16,17,18,19). The number of aromatic nitrogens is 2. The van der Waals surface area contributed by atoms with Crippen LogP contribution in [-0.4, -0.2) is 16.5 Å². The third kappa shape index (κ3) is 3.57. The van der Waals surface area contributed by atoms with Crippen LogP contribution in [0.25, 0.3) is 0 Å². The Morgan fingerprint density at radius 1 is 1.21 bits per heavy atom. The second-order valence-corrected chi connectivity index (χ2v) is 5.03. The maximum atomic E-state index is 6.02. The third-order valence-corrected chi connectivity index (χ3v) is 3.12. The largest absolute Gasteiger partial charge is 0.393 e. The first-order chi connectivity index (χ1) is 9.20. The molecule has 0 aliphatic heterocycles. The van der Waals surface area contributed by atoms with Gasteiger partial charge < -0.3 is 16.4 Å². The lowest BCUT2D eigenvalue weighted by molar-refractivity contribution is 1.14. The summed E-state index contributed by atoms with van der Waals surface area (Å²) in [7, 11) is 0. The van der Waals surface area contributed by atoms with Crippen LogP contribution in [0.2, 0.25) is 0 Å². The van der Waals surface area contributed by atoms with Gasteiger partial charge in [-0.15, -0.1) is 6.58 Å². The molecule has 0 spiro atoms. The molecule has 0 fully saturated rings. The van der Waals surface area contributed by atoms with Crippen LogP contribution >= 0.6 is 22.6 Å². The summed E-state index contributed by atoms with van der Waals surface area (Å²) in [6.45, 7) is 4.24. The molecule has 4 N–H and O–H groups in total. The van der Waals surface area contributed by atoms with Crippen LogP contribution in [-0.2, 0) is 0 Å². The first kappa shape index (κ1) is 13.6. The highest BCUT2D eigenvalue weighted by Gasteiger charge is 2.07. The molecular formula is C13H14IN5. The first-order valence-electron chi connectivity index (χ1n) is 5.68. The molecule has 0 atom stereocenters. The molecule has 0 radical (unpaired) electrons. The number of nitrogen functional groups attached to an aromatic ring is 1. The van der Waals surface area contributed by atoms with Crippen LogP contribution in [0, 0.1) is 3.57 Å². The lowest BCUT2D eigenvalue weighted by atomic mass is 10.3. The second kappa shape index (κ2) is 6.37. The molecule has 2 aromatic rings.